The first-order valence-electron chi connectivity index (χ1n) is 8.77. The number of benzene rings is 2. The van der Waals surface area contributed by atoms with Gasteiger partial charge in [-0.25, -0.2) is 9.59 Å². The summed E-state index contributed by atoms with van der Waals surface area (Å²) in [6.07, 6.45) is -1.82. The van der Waals surface area contributed by atoms with Crippen LogP contribution in [-0.4, -0.2) is 36.9 Å². The Labute approximate surface area is 169 Å². The maximum Gasteiger partial charge on any atom is 0.344 e. The van der Waals surface area contributed by atoms with Crippen LogP contribution in [0.4, 0.5) is 0 Å². The van der Waals surface area contributed by atoms with Gasteiger partial charge >= 0.3 is 11.3 Å². The fourth-order valence-corrected chi connectivity index (χ4v) is 3.76. The third-order valence-electron chi connectivity index (χ3n) is 5.19. The van der Waals surface area contributed by atoms with Crippen molar-refractivity contribution in [2.75, 3.05) is 0 Å². The number of phenolic OH excluding ortho intramolecular Hbond substituents is 4. The fourth-order valence-electron chi connectivity index (χ4n) is 3.76. The van der Waals surface area contributed by atoms with Crippen LogP contribution in [0.1, 0.15) is 17.0 Å². The number of aromatic hydroxyl groups is 5. The summed E-state index contributed by atoms with van der Waals surface area (Å²) >= 11 is 0. The predicted octanol–water partition coefficient (Wildman–Crippen LogP) is 1.27. The maximum atomic E-state index is 12.7. The molecule has 0 bridgehead atoms. The number of hydrogen-bond donors (Lipinski definition) is 6. The molecule has 31 heavy (non-hydrogen) atoms. The van der Waals surface area contributed by atoms with Crippen molar-refractivity contribution in [2.24, 2.45) is 0 Å². The number of phenols is 4. The number of aliphatic hydroxyl groups excluding tert-OH is 1. The molecule has 6 N–H and O–H groups in total. The van der Waals surface area contributed by atoms with Crippen LogP contribution in [0.25, 0.3) is 21.9 Å². The largest absolute Gasteiger partial charge is 0.507 e. The molecule has 5 rings (SSSR count). The molecule has 11 heteroatoms. The minimum Gasteiger partial charge on any atom is -0.507 e. The lowest BCUT2D eigenvalue weighted by molar-refractivity contribution is -0.00988. The molecule has 1 aliphatic heterocycles. The Hall–Kier alpha value is -4.38. The van der Waals surface area contributed by atoms with Gasteiger partial charge in [0.25, 0.3) is 0 Å². The highest BCUT2D eigenvalue weighted by molar-refractivity contribution is 5.93. The highest BCUT2D eigenvalue weighted by atomic mass is 16.6. The smallest absolute Gasteiger partial charge is 0.344 e. The molecule has 2 aromatic carbocycles. The lowest BCUT2D eigenvalue weighted by atomic mass is 9.92. The SMILES string of the molecule is O=c1oc2c(O)c(O)ccc2c(O)c1C1c2c(c3ccc(O)c(O)c3oc2=O)OC1O. The average Bonchev–Trinajstić information content (AvgIpc) is 3.06. The number of rotatable bonds is 1. The minimum atomic E-state index is -1.82. The zero-order valence-corrected chi connectivity index (χ0v) is 15.2. The van der Waals surface area contributed by atoms with Crippen molar-refractivity contribution in [3.05, 3.63) is 56.2 Å². The molecule has 2 aromatic heterocycles. The van der Waals surface area contributed by atoms with E-state index in [9.17, 15) is 40.2 Å². The second-order valence-electron chi connectivity index (χ2n) is 6.89. The zero-order valence-electron chi connectivity index (χ0n) is 15.2. The van der Waals surface area contributed by atoms with E-state index in [1.165, 1.54) is 12.1 Å². The average molecular weight is 428 g/mol. The third-order valence-corrected chi connectivity index (χ3v) is 5.19. The molecule has 0 spiro atoms. The van der Waals surface area contributed by atoms with Crippen molar-refractivity contribution in [1.29, 1.82) is 0 Å². The van der Waals surface area contributed by atoms with Gasteiger partial charge in [0.05, 0.1) is 27.8 Å². The van der Waals surface area contributed by atoms with Crippen LogP contribution in [0.3, 0.4) is 0 Å². The lowest BCUT2D eigenvalue weighted by Crippen LogP contribution is -2.26. The number of aliphatic hydroxyl groups is 1. The van der Waals surface area contributed by atoms with Crippen LogP contribution in [0.5, 0.6) is 34.5 Å². The molecule has 4 aromatic rings. The summed E-state index contributed by atoms with van der Waals surface area (Å²) in [5.41, 5.74) is -4.07. The Bertz CT molecular complexity index is 1530. The van der Waals surface area contributed by atoms with Crippen molar-refractivity contribution in [3.8, 4) is 34.5 Å². The molecule has 0 fully saturated rings. The molecule has 2 unspecified atom stereocenters. The van der Waals surface area contributed by atoms with E-state index < -0.39 is 68.9 Å². The van der Waals surface area contributed by atoms with E-state index in [4.69, 9.17) is 13.6 Å². The van der Waals surface area contributed by atoms with E-state index in [1.807, 2.05) is 0 Å². The fraction of sp³-hybridized carbons (Fsp3) is 0.100. The van der Waals surface area contributed by atoms with Crippen molar-refractivity contribution in [1.82, 2.24) is 0 Å². The predicted molar refractivity (Wildman–Crippen MR) is 102 cm³/mol. The van der Waals surface area contributed by atoms with E-state index in [2.05, 4.69) is 0 Å². The Morgan fingerprint density at radius 3 is 1.81 bits per heavy atom. The molecule has 1 aliphatic rings. The number of fused-ring (bicyclic) bond motifs is 4. The number of ether oxygens (including phenoxy) is 1. The molecule has 3 heterocycles. The van der Waals surface area contributed by atoms with Crippen molar-refractivity contribution >= 4 is 21.9 Å². The lowest BCUT2D eigenvalue weighted by Gasteiger charge is -2.15. The molecule has 0 amide bonds. The number of hydrogen-bond acceptors (Lipinski definition) is 11. The molecule has 0 saturated carbocycles. The van der Waals surface area contributed by atoms with Crippen LogP contribution in [0.15, 0.2) is 42.7 Å². The van der Waals surface area contributed by atoms with Gasteiger partial charge in [0.1, 0.15) is 11.5 Å². The third kappa shape index (κ3) is 2.37. The first-order valence-corrected chi connectivity index (χ1v) is 8.77. The standard InChI is InChI=1S/C20H12O11/c21-7-3-1-5-12(23)10(19(27)30-16(5)13(7)24)9-11-15(29-18(9)26)6-2-4-8(22)14(25)17(6)31-20(11)28/h1-4,9,18,21-26H. The Morgan fingerprint density at radius 2 is 1.19 bits per heavy atom. The molecule has 0 radical (unpaired) electrons. The van der Waals surface area contributed by atoms with Gasteiger partial charge in [0.15, 0.2) is 22.7 Å². The minimum absolute atomic E-state index is 0.0266. The molecular formula is C20H12O11. The zero-order chi connectivity index (χ0) is 22.2. The summed E-state index contributed by atoms with van der Waals surface area (Å²) in [6, 6.07) is 4.59. The van der Waals surface area contributed by atoms with Crippen LogP contribution in [0, 0.1) is 0 Å². The monoisotopic (exact) mass is 428 g/mol. The van der Waals surface area contributed by atoms with Gasteiger partial charge in [-0.05, 0) is 24.3 Å². The van der Waals surface area contributed by atoms with Gasteiger partial charge in [0, 0.05) is 0 Å². The van der Waals surface area contributed by atoms with Crippen molar-refractivity contribution in [2.45, 2.75) is 12.2 Å². The molecule has 158 valence electrons. The van der Waals surface area contributed by atoms with Crippen LogP contribution in [0.2, 0.25) is 0 Å². The highest BCUT2D eigenvalue weighted by Crippen LogP contribution is 2.48. The second-order valence-corrected chi connectivity index (χ2v) is 6.89. The molecule has 0 saturated heterocycles. The Morgan fingerprint density at radius 1 is 0.677 bits per heavy atom. The van der Waals surface area contributed by atoms with Gasteiger partial charge in [-0.1, -0.05) is 0 Å². The molecule has 11 nitrogen and oxygen atoms in total. The highest BCUT2D eigenvalue weighted by Gasteiger charge is 2.43. The first kappa shape index (κ1) is 18.6. The Kier molecular flexibility index (Phi) is 3.64. The normalized spacial score (nSPS) is 17.7. The first-order chi connectivity index (χ1) is 14.7. The van der Waals surface area contributed by atoms with Crippen LogP contribution in [-0.2, 0) is 0 Å². The topological polar surface area (TPSA) is 191 Å². The Balaban J connectivity index is 1.84. The van der Waals surface area contributed by atoms with Crippen LogP contribution < -0.4 is 16.0 Å². The van der Waals surface area contributed by atoms with Crippen molar-refractivity contribution < 1.29 is 44.2 Å². The van der Waals surface area contributed by atoms with Gasteiger partial charge in [0.2, 0.25) is 17.8 Å². The second kappa shape index (κ2) is 6.06. The van der Waals surface area contributed by atoms with Crippen LogP contribution >= 0.6 is 0 Å². The molecule has 2 atom stereocenters. The summed E-state index contributed by atoms with van der Waals surface area (Å²) in [6.45, 7) is 0. The molecule has 0 aliphatic carbocycles. The quantitative estimate of drug-likeness (QED) is 0.189. The summed E-state index contributed by atoms with van der Waals surface area (Å²) in [5.74, 6) is -5.11. The van der Waals surface area contributed by atoms with Crippen molar-refractivity contribution in [3.63, 3.8) is 0 Å². The van der Waals surface area contributed by atoms with Gasteiger partial charge in [-0.15, -0.1) is 0 Å². The summed E-state index contributed by atoms with van der Waals surface area (Å²) < 4.78 is 15.4. The summed E-state index contributed by atoms with van der Waals surface area (Å²) in [7, 11) is 0. The summed E-state index contributed by atoms with van der Waals surface area (Å²) in [5, 5.41) is 60.1. The van der Waals surface area contributed by atoms with Gasteiger partial charge in [-0.3, -0.25) is 0 Å². The van der Waals surface area contributed by atoms with E-state index in [1.54, 1.807) is 0 Å². The van der Waals surface area contributed by atoms with E-state index in [0.717, 1.165) is 12.1 Å². The van der Waals surface area contributed by atoms with Gasteiger partial charge < -0.3 is 44.2 Å². The van der Waals surface area contributed by atoms with E-state index in [-0.39, 0.29) is 22.1 Å². The summed E-state index contributed by atoms with van der Waals surface area (Å²) in [4.78, 5) is 25.3. The van der Waals surface area contributed by atoms with E-state index >= 15 is 0 Å². The van der Waals surface area contributed by atoms with Gasteiger partial charge in [-0.2, -0.15) is 0 Å². The molecular weight excluding hydrogens is 416 g/mol. The maximum absolute atomic E-state index is 12.7. The van der Waals surface area contributed by atoms with E-state index in [0.29, 0.717) is 0 Å².